The van der Waals surface area contributed by atoms with Crippen LogP contribution in [-0.4, -0.2) is 49.0 Å². The summed E-state index contributed by atoms with van der Waals surface area (Å²) >= 11 is 0. The minimum atomic E-state index is 0.0556. The van der Waals surface area contributed by atoms with Crippen molar-refractivity contribution in [1.29, 1.82) is 0 Å². The molecule has 3 heterocycles. The number of carbonyl (C=O) groups excluding carboxylic acids is 1. The Morgan fingerprint density at radius 2 is 1.93 bits per heavy atom. The highest BCUT2D eigenvalue weighted by atomic mass is 16.2. The summed E-state index contributed by atoms with van der Waals surface area (Å²) in [6.07, 6.45) is 7.80. The van der Waals surface area contributed by atoms with Crippen molar-refractivity contribution in [3.63, 3.8) is 0 Å². The third-order valence-electron chi connectivity index (χ3n) is 6.15. The van der Waals surface area contributed by atoms with Gasteiger partial charge in [-0.2, -0.15) is 5.10 Å². The van der Waals surface area contributed by atoms with Crippen LogP contribution >= 0.6 is 0 Å². The Labute approximate surface area is 169 Å². The first-order valence-electron chi connectivity index (χ1n) is 10.3. The summed E-state index contributed by atoms with van der Waals surface area (Å²) in [6.45, 7) is 1.55. The summed E-state index contributed by atoms with van der Waals surface area (Å²) in [7, 11) is 0. The first-order chi connectivity index (χ1) is 14.3. The number of carbonyl (C=O) groups is 1. The molecule has 29 heavy (non-hydrogen) atoms. The standard InChI is InChI=1S/C22H24N6O/c29-22(17-6-7-19-18(12-17)13-23-14-24-19)28-10-8-16(9-11-28)21-25-20(26-27-21)15-4-2-1-3-5-15/h1-5,13-14,16-17H,6-12H2,(H,25,26,27). The summed E-state index contributed by atoms with van der Waals surface area (Å²) in [5, 5.41) is 7.50. The maximum Gasteiger partial charge on any atom is 0.226 e. The molecule has 1 atom stereocenters. The van der Waals surface area contributed by atoms with Gasteiger partial charge in [0.2, 0.25) is 5.91 Å². The number of hydrogen-bond donors (Lipinski definition) is 1. The van der Waals surface area contributed by atoms with Crippen LogP contribution in [0.2, 0.25) is 0 Å². The number of fused-ring (bicyclic) bond motifs is 1. The van der Waals surface area contributed by atoms with E-state index in [4.69, 9.17) is 4.98 Å². The third kappa shape index (κ3) is 3.64. The Balaban J connectivity index is 1.20. The van der Waals surface area contributed by atoms with E-state index in [1.165, 1.54) is 0 Å². The van der Waals surface area contributed by atoms with Gasteiger partial charge >= 0.3 is 0 Å². The van der Waals surface area contributed by atoms with Crippen LogP contribution in [0.15, 0.2) is 42.9 Å². The van der Waals surface area contributed by atoms with Gasteiger partial charge in [-0.05, 0) is 37.7 Å². The molecule has 148 valence electrons. The quantitative estimate of drug-likeness (QED) is 0.745. The molecule has 0 bridgehead atoms. The highest BCUT2D eigenvalue weighted by Crippen LogP contribution is 2.30. The van der Waals surface area contributed by atoms with Crippen molar-refractivity contribution in [3.05, 3.63) is 59.9 Å². The summed E-state index contributed by atoms with van der Waals surface area (Å²) in [6, 6.07) is 10.0. The van der Waals surface area contributed by atoms with E-state index >= 15 is 0 Å². The second-order valence-corrected chi connectivity index (χ2v) is 7.94. The Kier molecular flexibility index (Phi) is 4.79. The molecule has 1 aromatic carbocycles. The Hall–Kier alpha value is -3.09. The van der Waals surface area contributed by atoms with E-state index in [2.05, 4.69) is 20.2 Å². The zero-order valence-electron chi connectivity index (χ0n) is 16.3. The lowest BCUT2D eigenvalue weighted by atomic mass is 9.85. The molecule has 5 rings (SSSR count). The molecule has 1 unspecified atom stereocenters. The topological polar surface area (TPSA) is 87.7 Å². The number of aromatic amines is 1. The molecule has 0 radical (unpaired) electrons. The number of nitrogens with one attached hydrogen (secondary N) is 1. The molecule has 1 aliphatic carbocycles. The van der Waals surface area contributed by atoms with Crippen LogP contribution in [0, 0.1) is 5.92 Å². The summed E-state index contributed by atoms with van der Waals surface area (Å²) in [5.41, 5.74) is 3.24. The van der Waals surface area contributed by atoms with E-state index in [-0.39, 0.29) is 11.8 Å². The molecule has 1 fully saturated rings. The lowest BCUT2D eigenvalue weighted by Gasteiger charge is -2.34. The predicted molar refractivity (Wildman–Crippen MR) is 108 cm³/mol. The molecule has 0 spiro atoms. The SMILES string of the molecule is O=C(C1CCc2ncncc2C1)N1CCC(c2nc(-c3ccccc3)n[nH]2)CC1. The number of benzene rings is 1. The van der Waals surface area contributed by atoms with Gasteiger partial charge in [-0.25, -0.2) is 15.0 Å². The number of aryl methyl sites for hydroxylation is 1. The van der Waals surface area contributed by atoms with Gasteiger partial charge in [-0.1, -0.05) is 30.3 Å². The highest BCUT2D eigenvalue weighted by Gasteiger charge is 2.32. The van der Waals surface area contributed by atoms with Gasteiger partial charge in [-0.3, -0.25) is 9.89 Å². The molecule has 0 saturated carbocycles. The Bertz CT molecular complexity index is 993. The van der Waals surface area contributed by atoms with Gasteiger partial charge in [0.1, 0.15) is 12.2 Å². The largest absolute Gasteiger partial charge is 0.342 e. The third-order valence-corrected chi connectivity index (χ3v) is 6.15. The van der Waals surface area contributed by atoms with E-state index in [1.807, 2.05) is 41.4 Å². The molecule has 1 aliphatic heterocycles. The second-order valence-electron chi connectivity index (χ2n) is 7.94. The van der Waals surface area contributed by atoms with Crippen LogP contribution in [0.3, 0.4) is 0 Å². The molecular weight excluding hydrogens is 364 g/mol. The van der Waals surface area contributed by atoms with Crippen molar-refractivity contribution >= 4 is 5.91 Å². The molecule has 1 amide bonds. The van der Waals surface area contributed by atoms with Gasteiger partial charge in [0.15, 0.2) is 5.82 Å². The van der Waals surface area contributed by atoms with Crippen LogP contribution < -0.4 is 0 Å². The molecule has 7 nitrogen and oxygen atoms in total. The van der Waals surface area contributed by atoms with E-state index in [0.29, 0.717) is 5.92 Å². The van der Waals surface area contributed by atoms with E-state index < -0.39 is 0 Å². The lowest BCUT2D eigenvalue weighted by molar-refractivity contribution is -0.137. The minimum absolute atomic E-state index is 0.0556. The Morgan fingerprint density at radius 1 is 1.10 bits per heavy atom. The molecule has 2 aliphatic rings. The molecule has 1 saturated heterocycles. The van der Waals surface area contributed by atoms with Crippen LogP contribution in [0.25, 0.3) is 11.4 Å². The van der Waals surface area contributed by atoms with E-state index in [1.54, 1.807) is 6.33 Å². The summed E-state index contributed by atoms with van der Waals surface area (Å²) < 4.78 is 0. The lowest BCUT2D eigenvalue weighted by Crippen LogP contribution is -2.43. The van der Waals surface area contributed by atoms with Crippen molar-refractivity contribution in [2.75, 3.05) is 13.1 Å². The fourth-order valence-electron chi connectivity index (χ4n) is 4.47. The fourth-order valence-corrected chi connectivity index (χ4v) is 4.47. The normalized spacial score (nSPS) is 19.7. The average molecular weight is 388 g/mol. The smallest absolute Gasteiger partial charge is 0.226 e. The van der Waals surface area contributed by atoms with E-state index in [0.717, 1.165) is 73.7 Å². The molecule has 7 heteroatoms. The summed E-state index contributed by atoms with van der Waals surface area (Å²) in [4.78, 5) is 28.2. The number of aromatic nitrogens is 5. The number of piperidine rings is 1. The first-order valence-corrected chi connectivity index (χ1v) is 10.3. The van der Waals surface area contributed by atoms with Crippen LogP contribution in [0.5, 0.6) is 0 Å². The monoisotopic (exact) mass is 388 g/mol. The molecular formula is C22H24N6O. The zero-order valence-corrected chi connectivity index (χ0v) is 16.3. The van der Waals surface area contributed by atoms with Gasteiger partial charge in [0.05, 0.1) is 0 Å². The molecule has 1 N–H and O–H groups in total. The van der Waals surface area contributed by atoms with Crippen LogP contribution in [0.4, 0.5) is 0 Å². The maximum atomic E-state index is 13.0. The van der Waals surface area contributed by atoms with Gasteiger partial charge in [0.25, 0.3) is 0 Å². The molecule has 3 aromatic rings. The maximum absolute atomic E-state index is 13.0. The first kappa shape index (κ1) is 18.0. The number of amides is 1. The van der Waals surface area contributed by atoms with E-state index in [9.17, 15) is 4.79 Å². The number of hydrogen-bond acceptors (Lipinski definition) is 5. The second kappa shape index (κ2) is 7.73. The van der Waals surface area contributed by atoms with Crippen molar-refractivity contribution < 1.29 is 4.79 Å². The molecule has 2 aromatic heterocycles. The number of likely N-dealkylation sites (tertiary alicyclic amines) is 1. The van der Waals surface area contributed by atoms with Crippen molar-refractivity contribution in [2.24, 2.45) is 5.92 Å². The van der Waals surface area contributed by atoms with Crippen molar-refractivity contribution in [2.45, 2.75) is 38.0 Å². The highest BCUT2D eigenvalue weighted by molar-refractivity contribution is 5.79. The van der Waals surface area contributed by atoms with Gasteiger partial charge in [0, 0.05) is 42.4 Å². The fraction of sp³-hybridized carbons (Fsp3) is 0.409. The van der Waals surface area contributed by atoms with Crippen LogP contribution in [0.1, 0.15) is 42.3 Å². The Morgan fingerprint density at radius 3 is 2.76 bits per heavy atom. The zero-order chi connectivity index (χ0) is 19.6. The van der Waals surface area contributed by atoms with Crippen molar-refractivity contribution in [3.8, 4) is 11.4 Å². The predicted octanol–water partition coefficient (Wildman–Crippen LogP) is 2.77. The average Bonchev–Trinajstić information content (AvgIpc) is 3.29. The van der Waals surface area contributed by atoms with Crippen LogP contribution in [-0.2, 0) is 17.6 Å². The number of rotatable bonds is 3. The van der Waals surface area contributed by atoms with Gasteiger partial charge in [-0.15, -0.1) is 0 Å². The van der Waals surface area contributed by atoms with Gasteiger partial charge < -0.3 is 4.90 Å². The van der Waals surface area contributed by atoms with Crippen molar-refractivity contribution in [1.82, 2.24) is 30.0 Å². The minimum Gasteiger partial charge on any atom is -0.342 e. The number of nitrogens with zero attached hydrogens (tertiary/aromatic N) is 5. The summed E-state index contributed by atoms with van der Waals surface area (Å²) in [5.74, 6) is 2.33. The number of H-pyrrole nitrogens is 1.